The minimum atomic E-state index is -1.40. The van der Waals surface area contributed by atoms with Crippen LogP contribution in [0.1, 0.15) is 47.1 Å². The molecule has 0 atom stereocenters. The van der Waals surface area contributed by atoms with Crippen LogP contribution in [0.4, 0.5) is 8.78 Å². The molecule has 0 aromatic heterocycles. The summed E-state index contributed by atoms with van der Waals surface area (Å²) in [6.45, 7) is 9.87. The van der Waals surface area contributed by atoms with Crippen LogP contribution in [0.2, 0.25) is 0 Å². The number of rotatable bonds is 2. The van der Waals surface area contributed by atoms with Crippen molar-refractivity contribution in [3.05, 3.63) is 34.9 Å². The Kier molecular flexibility index (Phi) is 4.67. The lowest BCUT2D eigenvalue weighted by Crippen LogP contribution is -2.41. The van der Waals surface area contributed by atoms with Crippen molar-refractivity contribution < 1.29 is 37.2 Å². The molecule has 0 spiro atoms. The molecule has 2 fully saturated rings. The molecule has 6 nitrogen and oxygen atoms in total. The molecule has 0 bridgehead atoms. The van der Waals surface area contributed by atoms with Crippen molar-refractivity contribution in [2.24, 2.45) is 0 Å². The van der Waals surface area contributed by atoms with Gasteiger partial charge < -0.3 is 18.8 Å². The summed E-state index contributed by atoms with van der Waals surface area (Å²) in [7, 11) is -1.22. The molecule has 2 heterocycles. The number of halogens is 2. The van der Waals surface area contributed by atoms with Crippen molar-refractivity contribution in [3.8, 4) is 0 Å². The van der Waals surface area contributed by atoms with Crippen molar-refractivity contribution in [2.45, 2.75) is 58.5 Å². The van der Waals surface area contributed by atoms with Crippen LogP contribution >= 0.6 is 0 Å². The monoisotopic (exact) mass is 394 g/mol. The second kappa shape index (κ2) is 6.38. The first-order chi connectivity index (χ1) is 12.7. The molecule has 0 N–H and O–H groups in total. The molecule has 0 unspecified atom stereocenters. The van der Waals surface area contributed by atoms with Gasteiger partial charge in [-0.05, 0) is 51.5 Å². The number of cyclic esters (lactones) is 2. The first kappa shape index (κ1) is 20.5. The molecule has 0 amide bonds. The van der Waals surface area contributed by atoms with Crippen molar-refractivity contribution in [1.82, 2.24) is 0 Å². The van der Waals surface area contributed by atoms with Gasteiger partial charge in [-0.15, -0.1) is 0 Å². The Morgan fingerprint density at radius 2 is 1.29 bits per heavy atom. The summed E-state index contributed by atoms with van der Waals surface area (Å²) in [5.74, 6) is -5.12. The summed E-state index contributed by atoms with van der Waals surface area (Å²) in [6, 6.07) is 1.97. The maximum atomic E-state index is 14.7. The molecule has 1 aromatic rings. The first-order valence-corrected chi connectivity index (χ1v) is 8.75. The molecule has 150 valence electrons. The minimum absolute atomic E-state index is 0.0427. The topological polar surface area (TPSA) is 71.1 Å². The maximum absolute atomic E-state index is 14.7. The Labute approximate surface area is 161 Å². The lowest BCUT2D eigenvalue weighted by atomic mass is 9.77. The van der Waals surface area contributed by atoms with Gasteiger partial charge in [-0.25, -0.2) is 18.4 Å². The molecule has 2 aliphatic heterocycles. The lowest BCUT2D eigenvalue weighted by molar-refractivity contribution is -0.222. The Hall–Kier alpha value is -2.26. The number of esters is 2. The van der Waals surface area contributed by atoms with Crippen LogP contribution in [0, 0.1) is 11.6 Å². The molecule has 0 radical (unpaired) electrons. The third kappa shape index (κ3) is 3.56. The van der Waals surface area contributed by atoms with Gasteiger partial charge in [0.25, 0.3) is 5.79 Å². The molecular weight excluding hydrogens is 373 g/mol. The summed E-state index contributed by atoms with van der Waals surface area (Å²) < 4.78 is 50.7. The summed E-state index contributed by atoms with van der Waals surface area (Å²) in [4.78, 5) is 24.0. The summed E-state index contributed by atoms with van der Waals surface area (Å²) >= 11 is 0. The molecule has 0 aliphatic carbocycles. The SMILES string of the molecule is CC1(C)OC(=O)C(=Cc2cc(F)c(B3OC(C)(C)C(C)(C)O3)c(F)c2)C(=O)O1. The fourth-order valence-electron chi connectivity index (χ4n) is 2.82. The summed E-state index contributed by atoms with van der Waals surface area (Å²) in [5.41, 5.74) is -2.41. The van der Waals surface area contributed by atoms with Crippen molar-refractivity contribution in [2.75, 3.05) is 0 Å². The Bertz CT molecular complexity index is 829. The molecule has 3 rings (SSSR count). The van der Waals surface area contributed by atoms with E-state index in [1.54, 1.807) is 27.7 Å². The number of hydrogen-bond acceptors (Lipinski definition) is 6. The third-order valence-electron chi connectivity index (χ3n) is 5.02. The molecule has 0 saturated carbocycles. The predicted octanol–water partition coefficient (Wildman–Crippen LogP) is 2.48. The van der Waals surface area contributed by atoms with Gasteiger partial charge in [-0.3, -0.25) is 0 Å². The largest absolute Gasteiger partial charge is 0.500 e. The predicted molar refractivity (Wildman–Crippen MR) is 96.3 cm³/mol. The van der Waals surface area contributed by atoms with Gasteiger partial charge in [0.15, 0.2) is 0 Å². The van der Waals surface area contributed by atoms with Crippen LogP contribution in [-0.4, -0.2) is 36.0 Å². The van der Waals surface area contributed by atoms with E-state index in [9.17, 15) is 18.4 Å². The fourth-order valence-corrected chi connectivity index (χ4v) is 2.82. The Morgan fingerprint density at radius 3 is 1.71 bits per heavy atom. The summed E-state index contributed by atoms with van der Waals surface area (Å²) in [6.07, 6.45) is 1.01. The molecule has 2 saturated heterocycles. The molecule has 2 aliphatic rings. The van der Waals surface area contributed by atoms with Crippen molar-refractivity contribution in [3.63, 3.8) is 0 Å². The zero-order chi connectivity index (χ0) is 21.1. The summed E-state index contributed by atoms with van der Waals surface area (Å²) in [5, 5.41) is 0. The van der Waals surface area contributed by atoms with E-state index in [0.29, 0.717) is 0 Å². The number of benzene rings is 1. The van der Waals surface area contributed by atoms with Crippen LogP contribution in [0.5, 0.6) is 0 Å². The zero-order valence-electron chi connectivity index (χ0n) is 16.5. The average molecular weight is 394 g/mol. The van der Waals surface area contributed by atoms with E-state index in [1.807, 2.05) is 0 Å². The quantitative estimate of drug-likeness (QED) is 0.332. The van der Waals surface area contributed by atoms with Gasteiger partial charge in [-0.1, -0.05) is 0 Å². The number of ether oxygens (including phenoxy) is 2. The van der Waals surface area contributed by atoms with Gasteiger partial charge in [-0.2, -0.15) is 0 Å². The highest BCUT2D eigenvalue weighted by Crippen LogP contribution is 2.37. The van der Waals surface area contributed by atoms with Gasteiger partial charge in [0, 0.05) is 13.8 Å². The van der Waals surface area contributed by atoms with Crippen LogP contribution in [0.25, 0.3) is 6.08 Å². The molecular formula is C19H21BF2O6. The van der Waals surface area contributed by atoms with E-state index in [0.717, 1.165) is 18.2 Å². The first-order valence-electron chi connectivity index (χ1n) is 8.75. The van der Waals surface area contributed by atoms with Crippen LogP contribution in [-0.2, 0) is 28.4 Å². The Balaban J connectivity index is 1.94. The maximum Gasteiger partial charge on any atom is 0.500 e. The van der Waals surface area contributed by atoms with Crippen LogP contribution in [0.3, 0.4) is 0 Å². The highest BCUT2D eigenvalue weighted by molar-refractivity contribution is 6.62. The number of carbonyl (C=O) groups excluding carboxylic acids is 2. The van der Waals surface area contributed by atoms with E-state index in [4.69, 9.17) is 18.8 Å². The van der Waals surface area contributed by atoms with Gasteiger partial charge in [0.1, 0.15) is 17.2 Å². The molecule has 9 heteroatoms. The van der Waals surface area contributed by atoms with Crippen molar-refractivity contribution in [1.29, 1.82) is 0 Å². The smallest absolute Gasteiger partial charge is 0.419 e. The van der Waals surface area contributed by atoms with Gasteiger partial charge >= 0.3 is 19.1 Å². The van der Waals surface area contributed by atoms with Gasteiger partial charge in [0.05, 0.1) is 16.7 Å². The van der Waals surface area contributed by atoms with E-state index in [-0.39, 0.29) is 11.0 Å². The number of hydrogen-bond donors (Lipinski definition) is 0. The lowest BCUT2D eigenvalue weighted by Gasteiger charge is -2.32. The van der Waals surface area contributed by atoms with Crippen LogP contribution in [0.15, 0.2) is 17.7 Å². The molecule has 1 aromatic carbocycles. The van der Waals surface area contributed by atoms with Crippen molar-refractivity contribution >= 4 is 30.6 Å². The van der Waals surface area contributed by atoms with E-state index >= 15 is 0 Å². The van der Waals surface area contributed by atoms with E-state index in [1.165, 1.54) is 13.8 Å². The highest BCUT2D eigenvalue weighted by Gasteiger charge is 2.53. The standard InChI is InChI=1S/C19H21BF2O6/c1-17(2)18(3,4)28-20(27-17)14-12(21)8-10(9-13(14)22)7-11-15(23)25-19(5,6)26-16(11)24/h7-9H,1-6H3. The second-order valence-electron chi connectivity index (χ2n) is 8.22. The number of carbonyl (C=O) groups is 2. The van der Waals surface area contributed by atoms with E-state index < -0.39 is 53.3 Å². The fraction of sp³-hybridized carbons (Fsp3) is 0.474. The Morgan fingerprint density at radius 1 is 0.857 bits per heavy atom. The highest BCUT2D eigenvalue weighted by atomic mass is 19.1. The normalized spacial score (nSPS) is 22.7. The van der Waals surface area contributed by atoms with Gasteiger partial charge in [0.2, 0.25) is 0 Å². The minimum Gasteiger partial charge on any atom is -0.419 e. The third-order valence-corrected chi connectivity index (χ3v) is 5.02. The zero-order valence-corrected chi connectivity index (χ0v) is 16.5. The van der Waals surface area contributed by atoms with Crippen LogP contribution < -0.4 is 5.46 Å². The second-order valence-corrected chi connectivity index (χ2v) is 8.22. The van der Waals surface area contributed by atoms with E-state index in [2.05, 4.69) is 0 Å². The molecule has 28 heavy (non-hydrogen) atoms. The average Bonchev–Trinajstić information content (AvgIpc) is 2.69.